The van der Waals surface area contributed by atoms with Gasteiger partial charge in [0.2, 0.25) is 0 Å². The number of hydrogen-bond donors (Lipinski definition) is 0. The Balaban J connectivity index is 2.17. The summed E-state index contributed by atoms with van der Waals surface area (Å²) in [6.07, 6.45) is 0. The third kappa shape index (κ3) is 2.54. The molecule has 21 heavy (non-hydrogen) atoms. The van der Waals surface area contributed by atoms with Crippen LogP contribution < -0.4 is 4.74 Å². The zero-order chi connectivity index (χ0) is 15.0. The Morgan fingerprint density at radius 2 is 1.81 bits per heavy atom. The topological polar surface area (TPSA) is 35.0 Å². The maximum absolute atomic E-state index is 13.7. The summed E-state index contributed by atoms with van der Waals surface area (Å²) < 4.78 is 18.8. The molecule has 0 atom stereocenters. The van der Waals surface area contributed by atoms with E-state index in [0.29, 0.717) is 27.4 Å². The molecule has 0 amide bonds. The Morgan fingerprint density at radius 1 is 1.10 bits per heavy atom. The van der Waals surface area contributed by atoms with Crippen LogP contribution in [0.25, 0.3) is 22.3 Å². The van der Waals surface area contributed by atoms with E-state index in [-0.39, 0.29) is 5.82 Å². The van der Waals surface area contributed by atoms with Crippen molar-refractivity contribution in [3.8, 4) is 17.1 Å². The molecule has 0 bridgehead atoms. The maximum Gasteiger partial charge on any atom is 0.161 e. The molecule has 3 rings (SSSR count). The zero-order valence-corrected chi connectivity index (χ0v) is 12.3. The number of hydrogen-bond acceptors (Lipinski definition) is 3. The van der Waals surface area contributed by atoms with Crippen molar-refractivity contribution >= 4 is 22.5 Å². The van der Waals surface area contributed by atoms with Crippen molar-refractivity contribution in [2.45, 2.75) is 6.92 Å². The van der Waals surface area contributed by atoms with Gasteiger partial charge < -0.3 is 4.74 Å². The molecule has 0 N–H and O–H groups in total. The average Bonchev–Trinajstić information content (AvgIpc) is 2.49. The number of halogens is 2. The lowest BCUT2D eigenvalue weighted by atomic mass is 10.1. The van der Waals surface area contributed by atoms with E-state index in [1.807, 2.05) is 24.3 Å². The van der Waals surface area contributed by atoms with Gasteiger partial charge in [-0.3, -0.25) is 0 Å². The minimum absolute atomic E-state index is 0.307. The SMILES string of the molecule is COc1ccc(-c2nc(Cl)c3cc(C)c(F)cc3n2)cc1. The van der Waals surface area contributed by atoms with Gasteiger partial charge in [0.1, 0.15) is 16.7 Å². The van der Waals surface area contributed by atoms with Gasteiger partial charge in [0.25, 0.3) is 0 Å². The van der Waals surface area contributed by atoms with Crippen LogP contribution in [0.5, 0.6) is 5.75 Å². The van der Waals surface area contributed by atoms with Gasteiger partial charge in [0, 0.05) is 17.0 Å². The van der Waals surface area contributed by atoms with E-state index in [4.69, 9.17) is 16.3 Å². The fourth-order valence-electron chi connectivity index (χ4n) is 2.09. The number of aromatic nitrogens is 2. The quantitative estimate of drug-likeness (QED) is 0.658. The Hall–Kier alpha value is -2.20. The normalized spacial score (nSPS) is 10.9. The minimum Gasteiger partial charge on any atom is -0.497 e. The summed E-state index contributed by atoms with van der Waals surface area (Å²) in [5.41, 5.74) is 1.80. The predicted molar refractivity (Wildman–Crippen MR) is 81.2 cm³/mol. The van der Waals surface area contributed by atoms with Crippen molar-refractivity contribution < 1.29 is 9.13 Å². The van der Waals surface area contributed by atoms with Crippen molar-refractivity contribution in [2.75, 3.05) is 7.11 Å². The smallest absolute Gasteiger partial charge is 0.161 e. The molecule has 2 aromatic carbocycles. The third-order valence-corrected chi connectivity index (χ3v) is 3.57. The molecule has 0 fully saturated rings. The van der Waals surface area contributed by atoms with Crippen LogP contribution in [0.3, 0.4) is 0 Å². The monoisotopic (exact) mass is 302 g/mol. The first kappa shape index (κ1) is 13.8. The van der Waals surface area contributed by atoms with E-state index >= 15 is 0 Å². The van der Waals surface area contributed by atoms with Crippen molar-refractivity contribution in [3.63, 3.8) is 0 Å². The van der Waals surface area contributed by atoms with Crippen molar-refractivity contribution in [2.24, 2.45) is 0 Å². The summed E-state index contributed by atoms with van der Waals surface area (Å²) >= 11 is 6.20. The van der Waals surface area contributed by atoms with Gasteiger partial charge >= 0.3 is 0 Å². The highest BCUT2D eigenvalue weighted by atomic mass is 35.5. The molecule has 0 unspecified atom stereocenters. The second-order valence-corrected chi connectivity index (χ2v) is 5.04. The highest BCUT2D eigenvalue weighted by Crippen LogP contribution is 2.27. The second-order valence-electron chi connectivity index (χ2n) is 4.69. The van der Waals surface area contributed by atoms with Crippen molar-refractivity contribution in [1.82, 2.24) is 9.97 Å². The van der Waals surface area contributed by atoms with Crippen LogP contribution in [-0.2, 0) is 0 Å². The molecule has 3 aromatic rings. The molecule has 3 nitrogen and oxygen atoms in total. The molecule has 106 valence electrons. The number of aryl methyl sites for hydroxylation is 1. The van der Waals surface area contributed by atoms with Crippen LogP contribution in [-0.4, -0.2) is 17.1 Å². The van der Waals surface area contributed by atoms with Crippen LogP contribution in [0, 0.1) is 12.7 Å². The molecule has 0 aliphatic carbocycles. The number of benzene rings is 2. The average molecular weight is 303 g/mol. The fraction of sp³-hybridized carbons (Fsp3) is 0.125. The molecule has 0 saturated heterocycles. The summed E-state index contributed by atoms with van der Waals surface area (Å²) in [5.74, 6) is 0.892. The Bertz CT molecular complexity index is 819. The summed E-state index contributed by atoms with van der Waals surface area (Å²) in [6.45, 7) is 1.68. The molecule has 1 heterocycles. The molecule has 0 spiro atoms. The zero-order valence-electron chi connectivity index (χ0n) is 11.5. The highest BCUT2D eigenvalue weighted by molar-refractivity contribution is 6.34. The molecule has 1 aromatic heterocycles. The van der Waals surface area contributed by atoms with Crippen LogP contribution in [0.2, 0.25) is 5.15 Å². The van der Waals surface area contributed by atoms with E-state index in [2.05, 4.69) is 9.97 Å². The van der Waals surface area contributed by atoms with Crippen LogP contribution in [0.15, 0.2) is 36.4 Å². The van der Waals surface area contributed by atoms with E-state index in [9.17, 15) is 4.39 Å². The van der Waals surface area contributed by atoms with Crippen LogP contribution in [0.1, 0.15) is 5.56 Å². The van der Waals surface area contributed by atoms with Crippen molar-refractivity contribution in [3.05, 3.63) is 52.9 Å². The van der Waals surface area contributed by atoms with Gasteiger partial charge in [-0.15, -0.1) is 0 Å². The van der Waals surface area contributed by atoms with Gasteiger partial charge in [-0.2, -0.15) is 0 Å². The van der Waals surface area contributed by atoms with E-state index in [1.165, 1.54) is 6.07 Å². The summed E-state index contributed by atoms with van der Waals surface area (Å²) in [5, 5.41) is 0.960. The lowest BCUT2D eigenvalue weighted by molar-refractivity contribution is 0.415. The highest BCUT2D eigenvalue weighted by Gasteiger charge is 2.10. The Morgan fingerprint density at radius 3 is 2.48 bits per heavy atom. The largest absolute Gasteiger partial charge is 0.497 e. The van der Waals surface area contributed by atoms with Gasteiger partial charge in [-0.05, 0) is 42.8 Å². The molecule has 0 radical (unpaired) electrons. The molecule has 0 aliphatic rings. The van der Waals surface area contributed by atoms with E-state index in [1.54, 1.807) is 20.1 Å². The van der Waals surface area contributed by atoms with E-state index < -0.39 is 0 Å². The number of fused-ring (bicyclic) bond motifs is 1. The lowest BCUT2D eigenvalue weighted by Crippen LogP contribution is -1.94. The second kappa shape index (κ2) is 5.30. The van der Waals surface area contributed by atoms with Crippen LogP contribution >= 0.6 is 11.6 Å². The first-order valence-corrected chi connectivity index (χ1v) is 6.74. The first-order valence-electron chi connectivity index (χ1n) is 6.36. The maximum atomic E-state index is 13.7. The lowest BCUT2D eigenvalue weighted by Gasteiger charge is -2.07. The van der Waals surface area contributed by atoms with Gasteiger partial charge in [0.15, 0.2) is 5.82 Å². The van der Waals surface area contributed by atoms with Gasteiger partial charge in [-0.25, -0.2) is 14.4 Å². The van der Waals surface area contributed by atoms with Crippen molar-refractivity contribution in [1.29, 1.82) is 0 Å². The third-order valence-electron chi connectivity index (χ3n) is 3.28. The molecular weight excluding hydrogens is 291 g/mol. The van der Waals surface area contributed by atoms with Gasteiger partial charge in [-0.1, -0.05) is 11.6 Å². The van der Waals surface area contributed by atoms with Crippen LogP contribution in [0.4, 0.5) is 4.39 Å². The summed E-state index contributed by atoms with van der Waals surface area (Å²) in [7, 11) is 1.60. The molecule has 5 heteroatoms. The van der Waals surface area contributed by atoms with E-state index in [0.717, 1.165) is 11.3 Å². The summed E-state index contributed by atoms with van der Waals surface area (Å²) in [6, 6.07) is 10.3. The first-order chi connectivity index (χ1) is 10.1. The standard InChI is InChI=1S/C16H12ClFN2O/c1-9-7-12-14(8-13(9)18)19-16(20-15(12)17)10-3-5-11(21-2)6-4-10/h3-8H,1-2H3. The Kier molecular flexibility index (Phi) is 3.47. The number of nitrogens with zero attached hydrogens (tertiary/aromatic N) is 2. The number of rotatable bonds is 2. The fourth-order valence-corrected chi connectivity index (χ4v) is 2.32. The number of methoxy groups -OCH3 is 1. The molecular formula is C16H12ClFN2O. The summed E-state index contributed by atoms with van der Waals surface area (Å²) in [4.78, 5) is 8.68. The number of ether oxygens (including phenoxy) is 1. The predicted octanol–water partition coefficient (Wildman–Crippen LogP) is 4.41. The van der Waals surface area contributed by atoms with Gasteiger partial charge in [0.05, 0.1) is 12.6 Å². The Labute approximate surface area is 126 Å². The minimum atomic E-state index is -0.307. The molecule has 0 saturated carbocycles. The molecule has 0 aliphatic heterocycles.